The first-order valence-electron chi connectivity index (χ1n) is 6.35. The van der Waals surface area contributed by atoms with Gasteiger partial charge in [-0.05, 0) is 24.1 Å². The molecule has 0 amide bonds. The Morgan fingerprint density at radius 3 is 2.81 bits per heavy atom. The molecule has 0 aromatic carbocycles. The molecule has 8 heteroatoms. The molecule has 0 saturated heterocycles. The maximum atomic E-state index is 11.1. The summed E-state index contributed by atoms with van der Waals surface area (Å²) in [5.74, 6) is -1.25. The van der Waals surface area contributed by atoms with Crippen LogP contribution in [0.5, 0.6) is 0 Å². The topological polar surface area (TPSA) is 109 Å². The second kappa shape index (κ2) is 6.60. The Morgan fingerprint density at radius 1 is 1.48 bits per heavy atom. The van der Waals surface area contributed by atoms with Crippen molar-refractivity contribution in [2.75, 3.05) is 13.1 Å². The summed E-state index contributed by atoms with van der Waals surface area (Å²) >= 11 is 0. The number of rotatable bonds is 5. The Hall–Kier alpha value is -2.77. The molecule has 1 aromatic rings. The van der Waals surface area contributed by atoms with Crippen LogP contribution < -0.4 is 0 Å². The second-order valence-corrected chi connectivity index (χ2v) is 4.46. The molecule has 0 atom stereocenters. The number of nitro groups is 1. The molecule has 1 aliphatic rings. The van der Waals surface area contributed by atoms with E-state index in [0.29, 0.717) is 25.7 Å². The molecular formula is C13H14N4O4. The Kier molecular flexibility index (Phi) is 4.60. The molecule has 110 valence electrons. The van der Waals surface area contributed by atoms with E-state index < -0.39 is 16.6 Å². The largest absolute Gasteiger partial charge is 0.478 e. The van der Waals surface area contributed by atoms with Gasteiger partial charge < -0.3 is 10.0 Å². The Labute approximate surface area is 120 Å². The van der Waals surface area contributed by atoms with Gasteiger partial charge in [-0.25, -0.2) is 4.79 Å². The highest BCUT2D eigenvalue weighted by Gasteiger charge is 2.28. The summed E-state index contributed by atoms with van der Waals surface area (Å²) in [4.78, 5) is 30.9. The maximum Gasteiger partial charge on any atom is 0.335 e. The van der Waals surface area contributed by atoms with Gasteiger partial charge in [0.05, 0.1) is 4.92 Å². The van der Waals surface area contributed by atoms with Gasteiger partial charge in [0.15, 0.2) is 0 Å². The van der Waals surface area contributed by atoms with Crippen LogP contribution in [0.2, 0.25) is 0 Å². The van der Waals surface area contributed by atoms with Crippen LogP contribution in [-0.2, 0) is 11.3 Å². The lowest BCUT2D eigenvalue weighted by molar-refractivity contribution is -0.416. The minimum Gasteiger partial charge on any atom is -0.478 e. The average Bonchev–Trinajstić information content (AvgIpc) is 2.46. The number of pyridine rings is 1. The summed E-state index contributed by atoms with van der Waals surface area (Å²) in [6.45, 7) is 1.46. The Balaban J connectivity index is 2.28. The SMILES string of the molecule is O=C(O)/C=C(/C1=NCCCN1Cc1ccncc1)[N+](=O)[O-]. The fourth-order valence-corrected chi connectivity index (χ4v) is 2.07. The fourth-order valence-electron chi connectivity index (χ4n) is 2.07. The monoisotopic (exact) mass is 290 g/mol. The quantitative estimate of drug-likeness (QED) is 0.491. The van der Waals surface area contributed by atoms with E-state index in [9.17, 15) is 14.9 Å². The molecule has 21 heavy (non-hydrogen) atoms. The van der Waals surface area contributed by atoms with Crippen molar-refractivity contribution in [3.63, 3.8) is 0 Å². The number of carboxylic acid groups (broad SMARTS) is 1. The lowest BCUT2D eigenvalue weighted by Crippen LogP contribution is -2.38. The molecule has 0 saturated carbocycles. The van der Waals surface area contributed by atoms with Crippen molar-refractivity contribution in [1.29, 1.82) is 0 Å². The number of hydrogen-bond acceptors (Lipinski definition) is 6. The number of nitrogens with zero attached hydrogens (tertiary/aromatic N) is 4. The van der Waals surface area contributed by atoms with E-state index in [2.05, 4.69) is 9.98 Å². The number of hydrogen-bond donors (Lipinski definition) is 1. The molecule has 1 aromatic heterocycles. The first-order valence-corrected chi connectivity index (χ1v) is 6.35. The van der Waals surface area contributed by atoms with Gasteiger partial charge in [-0.15, -0.1) is 0 Å². The lowest BCUT2D eigenvalue weighted by atomic mass is 10.2. The molecule has 2 heterocycles. The van der Waals surface area contributed by atoms with E-state index in [1.165, 1.54) is 0 Å². The van der Waals surface area contributed by atoms with Gasteiger partial charge in [-0.3, -0.25) is 20.1 Å². The summed E-state index contributed by atoms with van der Waals surface area (Å²) in [6, 6.07) is 3.61. The van der Waals surface area contributed by atoms with Crippen LogP contribution in [0.15, 0.2) is 41.3 Å². The maximum absolute atomic E-state index is 11.1. The van der Waals surface area contributed by atoms with Crippen LogP contribution in [-0.4, -0.2) is 44.8 Å². The molecule has 0 spiro atoms. The van der Waals surface area contributed by atoms with Gasteiger partial charge >= 0.3 is 11.7 Å². The predicted octanol–water partition coefficient (Wildman–Crippen LogP) is 0.931. The standard InChI is InChI=1S/C13H14N4O4/c18-12(19)8-11(17(20)21)13-15-4-1-7-16(13)9-10-2-5-14-6-3-10/h2-3,5-6,8H,1,4,7,9H2,(H,18,19)/b11-8-. The van der Waals surface area contributed by atoms with Crippen molar-refractivity contribution in [2.24, 2.45) is 4.99 Å². The van der Waals surface area contributed by atoms with E-state index in [0.717, 1.165) is 12.0 Å². The van der Waals surface area contributed by atoms with Crippen LogP contribution in [0, 0.1) is 10.1 Å². The van der Waals surface area contributed by atoms with Crippen LogP contribution in [0.3, 0.4) is 0 Å². The predicted molar refractivity (Wildman–Crippen MR) is 74.3 cm³/mol. The Morgan fingerprint density at radius 2 is 2.19 bits per heavy atom. The molecule has 0 unspecified atom stereocenters. The molecule has 0 fully saturated rings. The first-order chi connectivity index (χ1) is 10.1. The van der Waals surface area contributed by atoms with Gasteiger partial charge in [0, 0.05) is 32.0 Å². The van der Waals surface area contributed by atoms with Gasteiger partial charge in [0.2, 0.25) is 5.84 Å². The van der Waals surface area contributed by atoms with Crippen LogP contribution >= 0.6 is 0 Å². The summed E-state index contributed by atoms with van der Waals surface area (Å²) in [5, 5.41) is 19.9. The lowest BCUT2D eigenvalue weighted by Gasteiger charge is -2.27. The zero-order chi connectivity index (χ0) is 15.2. The summed E-state index contributed by atoms with van der Waals surface area (Å²) in [6.07, 6.45) is 4.63. The Bertz CT molecular complexity index is 597. The fraction of sp³-hybridized carbons (Fsp3) is 0.308. The molecule has 8 nitrogen and oxygen atoms in total. The minimum atomic E-state index is -1.36. The van der Waals surface area contributed by atoms with E-state index in [1.54, 1.807) is 29.4 Å². The van der Waals surface area contributed by atoms with Gasteiger partial charge in [-0.2, -0.15) is 0 Å². The normalized spacial score (nSPS) is 15.5. The highest BCUT2D eigenvalue weighted by molar-refractivity contribution is 6.00. The van der Waals surface area contributed by atoms with Gasteiger partial charge in [0.1, 0.15) is 6.08 Å². The molecule has 2 rings (SSSR count). The highest BCUT2D eigenvalue weighted by Crippen LogP contribution is 2.15. The third-order valence-corrected chi connectivity index (χ3v) is 2.96. The summed E-state index contributed by atoms with van der Waals surface area (Å²) < 4.78 is 0. The molecule has 0 bridgehead atoms. The van der Waals surface area contributed by atoms with Crippen LogP contribution in [0.1, 0.15) is 12.0 Å². The number of amidine groups is 1. The van der Waals surface area contributed by atoms with Crippen molar-refractivity contribution in [2.45, 2.75) is 13.0 Å². The highest BCUT2D eigenvalue weighted by atomic mass is 16.6. The third-order valence-electron chi connectivity index (χ3n) is 2.96. The zero-order valence-electron chi connectivity index (χ0n) is 11.2. The number of aliphatic imine (C=N–C) groups is 1. The van der Waals surface area contributed by atoms with Crippen LogP contribution in [0.4, 0.5) is 0 Å². The van der Waals surface area contributed by atoms with E-state index in [-0.39, 0.29) is 5.84 Å². The zero-order valence-corrected chi connectivity index (χ0v) is 11.2. The number of carboxylic acids is 1. The first kappa shape index (κ1) is 14.6. The van der Waals surface area contributed by atoms with Crippen molar-refractivity contribution < 1.29 is 14.8 Å². The van der Waals surface area contributed by atoms with Crippen molar-refractivity contribution in [1.82, 2.24) is 9.88 Å². The second-order valence-electron chi connectivity index (χ2n) is 4.46. The van der Waals surface area contributed by atoms with Gasteiger partial charge in [0.25, 0.3) is 0 Å². The summed E-state index contributed by atoms with van der Waals surface area (Å²) in [5.41, 5.74) is 0.439. The molecule has 0 aliphatic carbocycles. The smallest absolute Gasteiger partial charge is 0.335 e. The van der Waals surface area contributed by atoms with Crippen molar-refractivity contribution in [3.8, 4) is 0 Å². The number of aromatic nitrogens is 1. The van der Waals surface area contributed by atoms with E-state index in [1.807, 2.05) is 0 Å². The van der Waals surface area contributed by atoms with E-state index in [4.69, 9.17) is 5.11 Å². The molecule has 1 N–H and O–H groups in total. The average molecular weight is 290 g/mol. The molecular weight excluding hydrogens is 276 g/mol. The van der Waals surface area contributed by atoms with Crippen molar-refractivity contribution >= 4 is 11.8 Å². The third kappa shape index (κ3) is 3.85. The van der Waals surface area contributed by atoms with Crippen LogP contribution in [0.25, 0.3) is 0 Å². The molecule has 1 aliphatic heterocycles. The molecule has 0 radical (unpaired) electrons. The van der Waals surface area contributed by atoms with E-state index >= 15 is 0 Å². The minimum absolute atomic E-state index is 0.116. The number of carbonyl (C=O) groups is 1. The summed E-state index contributed by atoms with van der Waals surface area (Å²) in [7, 11) is 0. The van der Waals surface area contributed by atoms with Crippen molar-refractivity contribution in [3.05, 3.63) is 52.0 Å². The number of aliphatic carboxylic acids is 1. The van der Waals surface area contributed by atoms with Gasteiger partial charge in [-0.1, -0.05) is 0 Å².